The maximum atomic E-state index is 12.2. The summed E-state index contributed by atoms with van der Waals surface area (Å²) >= 11 is 0. The molecule has 2 atom stereocenters. The summed E-state index contributed by atoms with van der Waals surface area (Å²) in [7, 11) is 0. The smallest absolute Gasteiger partial charge is 0.416 e. The van der Waals surface area contributed by atoms with Gasteiger partial charge in [0.15, 0.2) is 6.10 Å². The number of aromatic hydroxyl groups is 1. The first-order chi connectivity index (χ1) is 7.23. The number of phenols is 1. The molecule has 3 nitrogen and oxygen atoms in total. The second-order valence-corrected chi connectivity index (χ2v) is 3.57. The summed E-state index contributed by atoms with van der Waals surface area (Å²) in [5.74, 6) is -0.351. The average Bonchev–Trinajstić information content (AvgIpc) is 2.14. The second kappa shape index (κ2) is 4.31. The molecule has 90 valence electrons. The van der Waals surface area contributed by atoms with Crippen molar-refractivity contribution in [3.8, 4) is 5.75 Å². The number of aryl methyl sites for hydroxylation is 1. The van der Waals surface area contributed by atoms with Crippen LogP contribution in [-0.4, -0.2) is 22.5 Å². The molecule has 0 aromatic heterocycles. The number of rotatable bonds is 2. The zero-order chi connectivity index (χ0) is 12.5. The van der Waals surface area contributed by atoms with Crippen LogP contribution < -0.4 is 5.73 Å². The van der Waals surface area contributed by atoms with E-state index in [1.54, 1.807) is 6.92 Å². The summed E-state index contributed by atoms with van der Waals surface area (Å²) in [6.07, 6.45) is -7.50. The number of benzene rings is 1. The number of halogens is 3. The minimum Gasteiger partial charge on any atom is -0.508 e. The van der Waals surface area contributed by atoms with Crippen LogP contribution in [0.5, 0.6) is 5.75 Å². The van der Waals surface area contributed by atoms with Gasteiger partial charge in [-0.25, -0.2) is 0 Å². The Bertz CT molecular complexity index is 379. The minimum atomic E-state index is -4.81. The Morgan fingerprint density at radius 1 is 1.31 bits per heavy atom. The molecule has 0 saturated heterocycles. The molecule has 1 aromatic rings. The molecule has 1 aromatic carbocycles. The van der Waals surface area contributed by atoms with Crippen molar-refractivity contribution < 1.29 is 23.4 Å². The standard InChI is InChI=1S/C10H12F3NO2/c1-5-2-3-6(7(15)4-5)8(14)9(16)10(11,12)13/h2-4,8-9,15-16H,14H2,1H3/t8-,9-/m0/s1. The fraction of sp³-hybridized carbons (Fsp3) is 0.400. The van der Waals surface area contributed by atoms with E-state index in [0.29, 0.717) is 5.56 Å². The van der Waals surface area contributed by atoms with E-state index < -0.39 is 18.3 Å². The van der Waals surface area contributed by atoms with Crippen LogP contribution in [0.4, 0.5) is 13.2 Å². The van der Waals surface area contributed by atoms with Crippen molar-refractivity contribution in [1.29, 1.82) is 0 Å². The molecule has 0 spiro atoms. The van der Waals surface area contributed by atoms with Gasteiger partial charge in [-0.15, -0.1) is 0 Å². The zero-order valence-corrected chi connectivity index (χ0v) is 8.49. The van der Waals surface area contributed by atoms with Crippen LogP contribution in [0.25, 0.3) is 0 Å². The van der Waals surface area contributed by atoms with E-state index in [0.717, 1.165) is 0 Å². The van der Waals surface area contributed by atoms with Gasteiger partial charge < -0.3 is 15.9 Å². The highest BCUT2D eigenvalue weighted by molar-refractivity contribution is 5.38. The molecule has 0 heterocycles. The Morgan fingerprint density at radius 3 is 2.31 bits per heavy atom. The predicted molar refractivity (Wildman–Crippen MR) is 51.8 cm³/mol. The molecule has 0 aliphatic carbocycles. The van der Waals surface area contributed by atoms with E-state index in [-0.39, 0.29) is 11.3 Å². The van der Waals surface area contributed by atoms with Crippen LogP contribution in [-0.2, 0) is 0 Å². The maximum Gasteiger partial charge on any atom is 0.416 e. The normalized spacial score (nSPS) is 15.9. The Labute approximate surface area is 90.3 Å². The number of aliphatic hydroxyl groups excluding tert-OH is 1. The lowest BCUT2D eigenvalue weighted by atomic mass is 9.99. The molecule has 0 saturated carbocycles. The highest BCUT2D eigenvalue weighted by atomic mass is 19.4. The third kappa shape index (κ3) is 2.65. The van der Waals surface area contributed by atoms with Gasteiger partial charge in [0.1, 0.15) is 5.75 Å². The van der Waals surface area contributed by atoms with Crippen molar-refractivity contribution in [1.82, 2.24) is 0 Å². The van der Waals surface area contributed by atoms with Crippen molar-refractivity contribution in [2.75, 3.05) is 0 Å². The van der Waals surface area contributed by atoms with E-state index in [9.17, 15) is 18.3 Å². The molecule has 4 N–H and O–H groups in total. The summed E-state index contributed by atoms with van der Waals surface area (Å²) in [5, 5.41) is 18.4. The number of alkyl halides is 3. The molecule has 1 rings (SSSR count). The first-order valence-corrected chi connectivity index (χ1v) is 4.53. The first kappa shape index (κ1) is 12.8. The Hall–Kier alpha value is -1.27. The van der Waals surface area contributed by atoms with E-state index >= 15 is 0 Å². The lowest BCUT2D eigenvalue weighted by Gasteiger charge is -2.22. The fourth-order valence-electron chi connectivity index (χ4n) is 1.31. The van der Waals surface area contributed by atoms with Gasteiger partial charge in [-0.3, -0.25) is 0 Å². The van der Waals surface area contributed by atoms with Crippen molar-refractivity contribution in [2.24, 2.45) is 5.73 Å². The molecule has 0 aliphatic heterocycles. The molecular weight excluding hydrogens is 223 g/mol. The lowest BCUT2D eigenvalue weighted by molar-refractivity contribution is -0.210. The zero-order valence-electron chi connectivity index (χ0n) is 8.49. The van der Waals surface area contributed by atoms with Crippen LogP contribution in [0.15, 0.2) is 18.2 Å². The molecule has 6 heteroatoms. The summed E-state index contributed by atoms with van der Waals surface area (Å²) in [6, 6.07) is 2.38. The number of aliphatic hydroxyl groups is 1. The van der Waals surface area contributed by atoms with Crippen LogP contribution in [0, 0.1) is 6.92 Å². The van der Waals surface area contributed by atoms with Crippen LogP contribution >= 0.6 is 0 Å². The summed E-state index contributed by atoms with van der Waals surface area (Å²) < 4.78 is 36.6. The summed E-state index contributed by atoms with van der Waals surface area (Å²) in [5.41, 5.74) is 5.81. The number of nitrogens with two attached hydrogens (primary N) is 1. The SMILES string of the molecule is Cc1ccc([C@H](N)[C@H](O)C(F)(F)F)c(O)c1. The van der Waals surface area contributed by atoms with Gasteiger partial charge in [-0.05, 0) is 18.6 Å². The summed E-state index contributed by atoms with van der Waals surface area (Å²) in [4.78, 5) is 0. The predicted octanol–water partition coefficient (Wildman–Crippen LogP) is 1.62. The van der Waals surface area contributed by atoms with Gasteiger partial charge in [-0.2, -0.15) is 13.2 Å². The lowest BCUT2D eigenvalue weighted by Crippen LogP contribution is -2.38. The van der Waals surface area contributed by atoms with Gasteiger partial charge in [0.2, 0.25) is 0 Å². The summed E-state index contributed by atoms with van der Waals surface area (Å²) in [6.45, 7) is 1.68. The Morgan fingerprint density at radius 2 is 1.88 bits per heavy atom. The van der Waals surface area contributed by atoms with Crippen molar-refractivity contribution in [3.05, 3.63) is 29.3 Å². The molecule has 0 radical (unpaired) electrons. The highest BCUT2D eigenvalue weighted by Crippen LogP contribution is 2.32. The Balaban J connectivity index is 3.01. The molecule has 0 aliphatic rings. The van der Waals surface area contributed by atoms with Gasteiger partial charge in [0, 0.05) is 5.56 Å². The van der Waals surface area contributed by atoms with Crippen LogP contribution in [0.3, 0.4) is 0 Å². The van der Waals surface area contributed by atoms with E-state index in [2.05, 4.69) is 0 Å². The molecule has 16 heavy (non-hydrogen) atoms. The number of hydrogen-bond acceptors (Lipinski definition) is 3. The van der Waals surface area contributed by atoms with Crippen LogP contribution in [0.2, 0.25) is 0 Å². The number of phenolic OH excluding ortho intramolecular Hbond substituents is 1. The molecular formula is C10H12F3NO2. The average molecular weight is 235 g/mol. The first-order valence-electron chi connectivity index (χ1n) is 4.53. The van der Waals surface area contributed by atoms with E-state index in [1.165, 1.54) is 18.2 Å². The maximum absolute atomic E-state index is 12.2. The minimum absolute atomic E-state index is 0.129. The highest BCUT2D eigenvalue weighted by Gasteiger charge is 2.43. The van der Waals surface area contributed by atoms with Crippen molar-refractivity contribution in [3.63, 3.8) is 0 Å². The van der Waals surface area contributed by atoms with Gasteiger partial charge in [0.25, 0.3) is 0 Å². The monoisotopic (exact) mass is 235 g/mol. The third-order valence-electron chi connectivity index (χ3n) is 2.22. The van der Waals surface area contributed by atoms with E-state index in [4.69, 9.17) is 10.8 Å². The molecule has 0 fully saturated rings. The third-order valence-corrected chi connectivity index (χ3v) is 2.22. The molecule has 0 bridgehead atoms. The molecule has 0 unspecified atom stereocenters. The Kier molecular flexibility index (Phi) is 3.44. The second-order valence-electron chi connectivity index (χ2n) is 3.57. The number of hydrogen-bond donors (Lipinski definition) is 3. The van der Waals surface area contributed by atoms with Gasteiger partial charge in [-0.1, -0.05) is 12.1 Å². The van der Waals surface area contributed by atoms with Gasteiger partial charge in [0.05, 0.1) is 6.04 Å². The van der Waals surface area contributed by atoms with Gasteiger partial charge >= 0.3 is 6.18 Å². The van der Waals surface area contributed by atoms with E-state index in [1.807, 2.05) is 0 Å². The molecule has 0 amide bonds. The topological polar surface area (TPSA) is 66.5 Å². The van der Waals surface area contributed by atoms with Crippen molar-refractivity contribution >= 4 is 0 Å². The van der Waals surface area contributed by atoms with Crippen LogP contribution in [0.1, 0.15) is 17.2 Å². The quantitative estimate of drug-likeness (QED) is 0.729. The van der Waals surface area contributed by atoms with Crippen molar-refractivity contribution in [2.45, 2.75) is 25.2 Å². The fourth-order valence-corrected chi connectivity index (χ4v) is 1.31. The largest absolute Gasteiger partial charge is 0.508 e.